The Morgan fingerprint density at radius 2 is 2.16 bits per heavy atom. The van der Waals surface area contributed by atoms with Crippen LogP contribution in [0.2, 0.25) is 0 Å². The highest BCUT2D eigenvalue weighted by Crippen LogP contribution is 2.38. The summed E-state index contributed by atoms with van der Waals surface area (Å²) < 4.78 is 12.9. The second-order valence-corrected chi connectivity index (χ2v) is 5.07. The van der Waals surface area contributed by atoms with Gasteiger partial charge in [-0.1, -0.05) is 13.0 Å². The molecule has 102 valence electrons. The summed E-state index contributed by atoms with van der Waals surface area (Å²) in [5.74, 6) is -0.251. The van der Waals surface area contributed by atoms with Gasteiger partial charge in [-0.05, 0) is 30.5 Å². The Morgan fingerprint density at radius 1 is 1.47 bits per heavy atom. The fraction of sp³-hybridized carbons (Fsp3) is 0.429. The maximum absolute atomic E-state index is 12.9. The summed E-state index contributed by atoms with van der Waals surface area (Å²) in [6.45, 7) is 2.00. The first-order chi connectivity index (χ1) is 8.97. The van der Waals surface area contributed by atoms with Gasteiger partial charge in [-0.2, -0.15) is 0 Å². The molecule has 1 N–H and O–H groups in total. The second-order valence-electron chi connectivity index (χ2n) is 5.07. The zero-order chi connectivity index (χ0) is 14.0. The van der Waals surface area contributed by atoms with E-state index in [4.69, 9.17) is 0 Å². The molecule has 1 aromatic rings. The Kier molecular flexibility index (Phi) is 3.83. The van der Waals surface area contributed by atoms with E-state index >= 15 is 0 Å². The summed E-state index contributed by atoms with van der Waals surface area (Å²) in [4.78, 5) is 25.0. The number of rotatable bonds is 4. The van der Waals surface area contributed by atoms with Gasteiger partial charge in [0.25, 0.3) is 0 Å². The van der Waals surface area contributed by atoms with E-state index in [-0.39, 0.29) is 24.3 Å². The summed E-state index contributed by atoms with van der Waals surface area (Å²) in [5, 5.41) is 2.57. The Balaban J connectivity index is 1.85. The quantitative estimate of drug-likeness (QED) is 0.902. The summed E-state index contributed by atoms with van der Waals surface area (Å²) in [5.41, 5.74) is 0.394. The average molecular weight is 264 g/mol. The van der Waals surface area contributed by atoms with Crippen molar-refractivity contribution in [2.45, 2.75) is 13.3 Å². The van der Waals surface area contributed by atoms with Crippen LogP contribution in [0, 0.1) is 17.7 Å². The monoisotopic (exact) mass is 264 g/mol. The van der Waals surface area contributed by atoms with Crippen molar-refractivity contribution in [2.75, 3.05) is 18.9 Å². The number of halogens is 1. The van der Waals surface area contributed by atoms with Gasteiger partial charge >= 0.3 is 0 Å². The first-order valence-corrected chi connectivity index (χ1v) is 6.28. The van der Waals surface area contributed by atoms with Crippen molar-refractivity contribution in [3.8, 4) is 0 Å². The lowest BCUT2D eigenvalue weighted by Crippen LogP contribution is -2.36. The fourth-order valence-corrected chi connectivity index (χ4v) is 2.01. The summed E-state index contributed by atoms with van der Waals surface area (Å²) in [7, 11) is 1.61. The highest BCUT2D eigenvalue weighted by Gasteiger charge is 2.40. The van der Waals surface area contributed by atoms with Crippen molar-refractivity contribution in [3.05, 3.63) is 30.1 Å². The molecule has 0 unspecified atom stereocenters. The minimum atomic E-state index is -0.408. The maximum Gasteiger partial charge on any atom is 0.243 e. The molecular formula is C14H17FN2O2. The number of carbonyl (C=O) groups is 2. The van der Waals surface area contributed by atoms with Crippen molar-refractivity contribution in [1.82, 2.24) is 4.90 Å². The van der Waals surface area contributed by atoms with Crippen LogP contribution in [-0.2, 0) is 9.59 Å². The molecule has 2 atom stereocenters. The predicted molar refractivity (Wildman–Crippen MR) is 69.9 cm³/mol. The van der Waals surface area contributed by atoms with Crippen LogP contribution in [0.3, 0.4) is 0 Å². The van der Waals surface area contributed by atoms with E-state index in [0.29, 0.717) is 11.6 Å². The number of amides is 2. The van der Waals surface area contributed by atoms with Gasteiger partial charge in [0.2, 0.25) is 11.8 Å². The van der Waals surface area contributed by atoms with E-state index in [1.165, 1.54) is 23.1 Å². The van der Waals surface area contributed by atoms with Crippen LogP contribution in [0.1, 0.15) is 13.3 Å². The topological polar surface area (TPSA) is 49.4 Å². The molecule has 1 aromatic carbocycles. The minimum absolute atomic E-state index is 0.00175. The SMILES string of the molecule is C[C@H]1C[C@@H]1C(=O)N(C)CC(=O)Nc1cccc(F)c1. The van der Waals surface area contributed by atoms with Gasteiger partial charge in [0.05, 0.1) is 6.54 Å². The summed E-state index contributed by atoms with van der Waals surface area (Å²) in [6, 6.07) is 5.67. The van der Waals surface area contributed by atoms with E-state index in [1.807, 2.05) is 6.92 Å². The Labute approximate surface area is 111 Å². The third kappa shape index (κ3) is 3.53. The first kappa shape index (κ1) is 13.5. The van der Waals surface area contributed by atoms with Crippen LogP contribution in [0.5, 0.6) is 0 Å². The normalized spacial score (nSPS) is 20.8. The van der Waals surface area contributed by atoms with E-state index < -0.39 is 5.82 Å². The standard InChI is InChI=1S/C14H17FN2O2/c1-9-6-12(9)14(19)17(2)8-13(18)16-11-5-3-4-10(15)7-11/h3-5,7,9,12H,6,8H2,1-2H3,(H,16,18)/t9-,12-/m0/s1. The van der Waals surface area contributed by atoms with Crippen molar-refractivity contribution in [3.63, 3.8) is 0 Å². The lowest BCUT2D eigenvalue weighted by atomic mass is 10.3. The number of hydrogen-bond acceptors (Lipinski definition) is 2. The number of hydrogen-bond donors (Lipinski definition) is 1. The lowest BCUT2D eigenvalue weighted by molar-refractivity contribution is -0.134. The van der Waals surface area contributed by atoms with E-state index in [1.54, 1.807) is 13.1 Å². The summed E-state index contributed by atoms with van der Waals surface area (Å²) >= 11 is 0. The number of nitrogens with one attached hydrogen (secondary N) is 1. The number of anilines is 1. The molecule has 0 heterocycles. The smallest absolute Gasteiger partial charge is 0.243 e. The van der Waals surface area contributed by atoms with Crippen molar-refractivity contribution >= 4 is 17.5 Å². The van der Waals surface area contributed by atoms with Crippen molar-refractivity contribution in [1.29, 1.82) is 0 Å². The van der Waals surface area contributed by atoms with Crippen LogP contribution >= 0.6 is 0 Å². The zero-order valence-electron chi connectivity index (χ0n) is 11.0. The molecule has 2 rings (SSSR count). The van der Waals surface area contributed by atoms with Crippen LogP contribution in [0.25, 0.3) is 0 Å². The van der Waals surface area contributed by atoms with Crippen LogP contribution in [0.4, 0.5) is 10.1 Å². The molecule has 0 saturated heterocycles. The third-order valence-electron chi connectivity index (χ3n) is 3.29. The van der Waals surface area contributed by atoms with Crippen molar-refractivity contribution in [2.24, 2.45) is 11.8 Å². The highest BCUT2D eigenvalue weighted by molar-refractivity contribution is 5.95. The van der Waals surface area contributed by atoms with Crippen LogP contribution in [0.15, 0.2) is 24.3 Å². The molecule has 0 spiro atoms. The minimum Gasteiger partial charge on any atom is -0.336 e. The van der Waals surface area contributed by atoms with Gasteiger partial charge in [0, 0.05) is 18.7 Å². The molecule has 4 nitrogen and oxygen atoms in total. The molecule has 19 heavy (non-hydrogen) atoms. The van der Waals surface area contributed by atoms with E-state index in [9.17, 15) is 14.0 Å². The molecule has 2 amide bonds. The molecule has 0 bridgehead atoms. The lowest BCUT2D eigenvalue weighted by Gasteiger charge is -2.16. The van der Waals surface area contributed by atoms with E-state index in [0.717, 1.165) is 6.42 Å². The van der Waals surface area contributed by atoms with Crippen LogP contribution < -0.4 is 5.32 Å². The Morgan fingerprint density at radius 3 is 2.74 bits per heavy atom. The Bertz CT molecular complexity index is 504. The van der Waals surface area contributed by atoms with Gasteiger partial charge in [0.1, 0.15) is 5.82 Å². The van der Waals surface area contributed by atoms with Gasteiger partial charge in [-0.3, -0.25) is 9.59 Å². The molecule has 1 saturated carbocycles. The number of benzene rings is 1. The van der Waals surface area contributed by atoms with E-state index in [2.05, 4.69) is 5.32 Å². The van der Waals surface area contributed by atoms with Crippen LogP contribution in [-0.4, -0.2) is 30.3 Å². The van der Waals surface area contributed by atoms with Crippen molar-refractivity contribution < 1.29 is 14.0 Å². The molecular weight excluding hydrogens is 247 g/mol. The maximum atomic E-state index is 12.9. The van der Waals surface area contributed by atoms with Gasteiger partial charge in [-0.25, -0.2) is 4.39 Å². The largest absolute Gasteiger partial charge is 0.336 e. The van der Waals surface area contributed by atoms with Gasteiger partial charge in [0.15, 0.2) is 0 Å². The first-order valence-electron chi connectivity index (χ1n) is 6.28. The molecule has 1 aliphatic rings. The Hall–Kier alpha value is -1.91. The molecule has 5 heteroatoms. The number of nitrogens with zero attached hydrogens (tertiary/aromatic N) is 1. The third-order valence-corrected chi connectivity index (χ3v) is 3.29. The molecule has 0 aliphatic heterocycles. The molecule has 0 aromatic heterocycles. The van der Waals surface area contributed by atoms with Gasteiger partial charge in [-0.15, -0.1) is 0 Å². The fourth-order valence-electron chi connectivity index (χ4n) is 2.01. The van der Waals surface area contributed by atoms with Gasteiger partial charge < -0.3 is 10.2 Å². The molecule has 0 radical (unpaired) electrons. The number of likely N-dealkylation sites (N-methyl/N-ethyl adjacent to an activating group) is 1. The molecule has 1 fully saturated rings. The second kappa shape index (κ2) is 5.38. The highest BCUT2D eigenvalue weighted by atomic mass is 19.1. The zero-order valence-corrected chi connectivity index (χ0v) is 11.0. The predicted octanol–water partition coefficient (Wildman–Crippen LogP) is 1.88. The average Bonchev–Trinajstić information content (AvgIpc) is 3.05. The molecule has 1 aliphatic carbocycles. The summed E-state index contributed by atoms with van der Waals surface area (Å²) in [6.07, 6.45) is 0.898. The number of carbonyl (C=O) groups excluding carboxylic acids is 2.